The number of benzene rings is 1. The Morgan fingerprint density at radius 3 is 2.15 bits per heavy atom. The molecule has 0 atom stereocenters. The molecule has 0 saturated carbocycles. The highest BCUT2D eigenvalue weighted by Crippen LogP contribution is 2.25. The molecule has 0 radical (unpaired) electrons. The van der Waals surface area contributed by atoms with Crippen molar-refractivity contribution in [1.29, 1.82) is 0 Å². The number of thiol groups is 1. The van der Waals surface area contributed by atoms with E-state index in [1.807, 2.05) is 26.0 Å². The van der Waals surface area contributed by atoms with Gasteiger partial charge in [0.05, 0.1) is 0 Å². The van der Waals surface area contributed by atoms with E-state index in [4.69, 9.17) is 10.0 Å². The topological polar surface area (TPSA) is 40.5 Å². The molecular weight excluding hydrogens is 183 g/mol. The second-order valence-electron chi connectivity index (χ2n) is 3.52. The lowest BCUT2D eigenvalue weighted by Crippen LogP contribution is -2.36. The van der Waals surface area contributed by atoms with Crippen LogP contribution in [0, 0.1) is 0 Å². The van der Waals surface area contributed by atoms with Crippen LogP contribution in [-0.2, 0) is 4.75 Å². The first-order valence-electron chi connectivity index (χ1n) is 4.11. The molecule has 0 heterocycles. The zero-order valence-electron chi connectivity index (χ0n) is 7.73. The van der Waals surface area contributed by atoms with Gasteiger partial charge in [0.15, 0.2) is 0 Å². The molecule has 1 aromatic rings. The Bertz CT molecular complexity index is 294. The molecule has 13 heavy (non-hydrogen) atoms. The van der Waals surface area contributed by atoms with Crippen molar-refractivity contribution in [1.82, 2.24) is 0 Å². The van der Waals surface area contributed by atoms with Crippen LogP contribution in [0.15, 0.2) is 24.3 Å². The number of hydrogen-bond acceptors (Lipinski definition) is 3. The summed E-state index contributed by atoms with van der Waals surface area (Å²) in [5, 5.41) is 18.2. The van der Waals surface area contributed by atoms with Gasteiger partial charge in [-0.15, -0.1) is 0 Å². The molecule has 2 N–H and O–H groups in total. The maximum Gasteiger partial charge on any atom is 0.488 e. The minimum Gasteiger partial charge on any atom is -0.423 e. The molecule has 1 rings (SSSR count). The highest BCUT2D eigenvalue weighted by atomic mass is 32.1. The van der Waals surface area contributed by atoms with Crippen molar-refractivity contribution in [3.8, 4) is 0 Å². The molecule has 0 unspecified atom stereocenters. The van der Waals surface area contributed by atoms with E-state index in [2.05, 4.69) is 12.6 Å². The molecule has 0 amide bonds. The molecule has 2 nitrogen and oxygen atoms in total. The van der Waals surface area contributed by atoms with Gasteiger partial charge in [0.2, 0.25) is 0 Å². The summed E-state index contributed by atoms with van der Waals surface area (Å²) in [6, 6.07) is 7.18. The van der Waals surface area contributed by atoms with E-state index < -0.39 is 7.12 Å². The van der Waals surface area contributed by atoms with Gasteiger partial charge in [0.1, 0.15) is 0 Å². The van der Waals surface area contributed by atoms with Crippen molar-refractivity contribution in [3.05, 3.63) is 29.8 Å². The van der Waals surface area contributed by atoms with Crippen LogP contribution in [0.1, 0.15) is 19.4 Å². The first-order chi connectivity index (χ1) is 5.93. The first-order valence-corrected chi connectivity index (χ1v) is 4.55. The minimum atomic E-state index is -1.43. The van der Waals surface area contributed by atoms with Crippen molar-refractivity contribution >= 4 is 25.2 Å². The number of rotatable bonds is 2. The Hall–Kier alpha value is -0.445. The van der Waals surface area contributed by atoms with Crippen molar-refractivity contribution < 1.29 is 10.0 Å². The van der Waals surface area contributed by atoms with Gasteiger partial charge in [-0.1, -0.05) is 24.3 Å². The zero-order valence-corrected chi connectivity index (χ0v) is 8.62. The lowest BCUT2D eigenvalue weighted by molar-refractivity contribution is 0.425. The van der Waals surface area contributed by atoms with E-state index in [9.17, 15) is 0 Å². The van der Waals surface area contributed by atoms with E-state index in [0.29, 0.717) is 5.46 Å². The summed E-state index contributed by atoms with van der Waals surface area (Å²) in [5.41, 5.74) is 1.36. The summed E-state index contributed by atoms with van der Waals surface area (Å²) in [5.74, 6) is 0. The molecule has 4 heteroatoms. The smallest absolute Gasteiger partial charge is 0.423 e. The Morgan fingerprint density at radius 2 is 1.77 bits per heavy atom. The van der Waals surface area contributed by atoms with E-state index in [1.165, 1.54) is 0 Å². The maximum absolute atomic E-state index is 9.09. The van der Waals surface area contributed by atoms with Gasteiger partial charge in [0, 0.05) is 4.75 Å². The molecule has 0 aliphatic rings. The van der Waals surface area contributed by atoms with Gasteiger partial charge in [-0.2, -0.15) is 12.6 Å². The maximum atomic E-state index is 9.09. The second-order valence-corrected chi connectivity index (χ2v) is 4.64. The van der Waals surface area contributed by atoms with Crippen molar-refractivity contribution in [2.75, 3.05) is 0 Å². The summed E-state index contributed by atoms with van der Waals surface area (Å²) < 4.78 is -0.361. The van der Waals surface area contributed by atoms with Gasteiger partial charge in [0.25, 0.3) is 0 Å². The van der Waals surface area contributed by atoms with Crippen LogP contribution in [0.25, 0.3) is 0 Å². The third-order valence-corrected chi connectivity index (χ3v) is 2.14. The Balaban J connectivity index is 3.20. The van der Waals surface area contributed by atoms with Crippen LogP contribution >= 0.6 is 12.6 Å². The molecule has 0 aliphatic carbocycles. The van der Waals surface area contributed by atoms with Gasteiger partial charge in [-0.05, 0) is 24.9 Å². The molecule has 1 aromatic carbocycles. The van der Waals surface area contributed by atoms with Crippen LogP contribution < -0.4 is 5.46 Å². The Kier molecular flexibility index (Phi) is 3.06. The molecule has 0 spiro atoms. The summed E-state index contributed by atoms with van der Waals surface area (Å²) in [6.07, 6.45) is 0. The molecule has 0 fully saturated rings. The monoisotopic (exact) mass is 196 g/mol. The summed E-state index contributed by atoms with van der Waals surface area (Å²) in [7, 11) is -1.43. The van der Waals surface area contributed by atoms with E-state index in [0.717, 1.165) is 5.56 Å². The Morgan fingerprint density at radius 1 is 1.23 bits per heavy atom. The fraction of sp³-hybridized carbons (Fsp3) is 0.333. The lowest BCUT2D eigenvalue weighted by Gasteiger charge is -2.21. The third kappa shape index (κ3) is 2.50. The van der Waals surface area contributed by atoms with E-state index in [-0.39, 0.29) is 4.75 Å². The van der Waals surface area contributed by atoms with E-state index >= 15 is 0 Å². The predicted molar refractivity (Wildman–Crippen MR) is 58.3 cm³/mol. The summed E-state index contributed by atoms with van der Waals surface area (Å²) in [4.78, 5) is 0. The summed E-state index contributed by atoms with van der Waals surface area (Å²) >= 11 is 4.39. The molecule has 0 aliphatic heterocycles. The van der Waals surface area contributed by atoms with Crippen LogP contribution in [0.2, 0.25) is 0 Å². The quantitative estimate of drug-likeness (QED) is 0.477. The van der Waals surface area contributed by atoms with Crippen LogP contribution in [0.3, 0.4) is 0 Å². The normalized spacial score (nSPS) is 11.5. The highest BCUT2D eigenvalue weighted by Gasteiger charge is 2.23. The zero-order chi connectivity index (χ0) is 10.1. The average molecular weight is 196 g/mol. The Labute approximate surface area is 84.2 Å². The van der Waals surface area contributed by atoms with E-state index in [1.54, 1.807) is 12.1 Å². The standard InChI is InChI=1S/C9H13BO2S/c1-9(2,13)7-5-3-4-6-8(7)10(11)12/h3-6,11-13H,1-2H3. The van der Waals surface area contributed by atoms with Gasteiger partial charge in [-0.3, -0.25) is 0 Å². The fourth-order valence-electron chi connectivity index (χ4n) is 1.28. The summed E-state index contributed by atoms with van der Waals surface area (Å²) in [6.45, 7) is 3.83. The molecule has 0 aromatic heterocycles. The molecular formula is C9H13BO2S. The largest absolute Gasteiger partial charge is 0.488 e. The van der Waals surface area contributed by atoms with Crippen LogP contribution in [-0.4, -0.2) is 17.2 Å². The van der Waals surface area contributed by atoms with Gasteiger partial charge < -0.3 is 10.0 Å². The SMILES string of the molecule is CC(C)(S)c1ccccc1B(O)O. The average Bonchev–Trinajstić information content (AvgIpc) is 2.03. The van der Waals surface area contributed by atoms with Crippen molar-refractivity contribution in [3.63, 3.8) is 0 Å². The first kappa shape index (κ1) is 10.6. The van der Waals surface area contributed by atoms with Crippen LogP contribution in [0.5, 0.6) is 0 Å². The van der Waals surface area contributed by atoms with Gasteiger partial charge >= 0.3 is 7.12 Å². The van der Waals surface area contributed by atoms with Crippen LogP contribution in [0.4, 0.5) is 0 Å². The van der Waals surface area contributed by atoms with Gasteiger partial charge in [-0.25, -0.2) is 0 Å². The minimum absolute atomic E-state index is 0.361. The number of hydrogen-bond donors (Lipinski definition) is 3. The molecule has 0 bridgehead atoms. The third-order valence-electron chi connectivity index (χ3n) is 1.90. The second kappa shape index (κ2) is 3.74. The van der Waals surface area contributed by atoms with Crippen molar-refractivity contribution in [2.24, 2.45) is 0 Å². The predicted octanol–water partition coefficient (Wildman–Crippen LogP) is 0.531. The lowest BCUT2D eigenvalue weighted by atomic mass is 9.74. The molecule has 70 valence electrons. The molecule has 0 saturated heterocycles. The highest BCUT2D eigenvalue weighted by molar-refractivity contribution is 7.81. The van der Waals surface area contributed by atoms with Crippen molar-refractivity contribution in [2.45, 2.75) is 18.6 Å². The fourth-order valence-corrected chi connectivity index (χ4v) is 1.48.